The van der Waals surface area contributed by atoms with Crippen LogP contribution >= 0.6 is 0 Å². The summed E-state index contributed by atoms with van der Waals surface area (Å²) in [7, 11) is 1.76. The minimum absolute atomic E-state index is 0.378. The third-order valence-electron chi connectivity index (χ3n) is 2.37. The molecule has 2 heteroatoms. The van der Waals surface area contributed by atoms with E-state index < -0.39 is 6.17 Å². The van der Waals surface area contributed by atoms with Gasteiger partial charge in [-0.3, -0.25) is 0 Å². The van der Waals surface area contributed by atoms with Gasteiger partial charge in [0.05, 0.1) is 0 Å². The van der Waals surface area contributed by atoms with Crippen LogP contribution in [0.15, 0.2) is 24.3 Å². The summed E-state index contributed by atoms with van der Waals surface area (Å²) < 4.78 is 13.5. The fraction of sp³-hybridized carbons (Fsp3) is 0.538. The summed E-state index contributed by atoms with van der Waals surface area (Å²) in [6, 6.07) is 7.83. The Morgan fingerprint density at radius 1 is 1.20 bits per heavy atom. The number of alkyl halides is 1. The lowest BCUT2D eigenvalue weighted by molar-refractivity contribution is 0.335. The molecule has 1 N–H and O–H groups in total. The first-order valence-corrected chi connectivity index (χ1v) is 5.51. The molecule has 1 nitrogen and oxygen atoms in total. The molecule has 0 aliphatic heterocycles. The summed E-state index contributed by atoms with van der Waals surface area (Å²) in [5, 5.41) is 2.84. The maximum absolute atomic E-state index is 13.5. The minimum Gasteiger partial charge on any atom is -0.317 e. The molecule has 1 unspecified atom stereocenters. The van der Waals surface area contributed by atoms with E-state index in [2.05, 4.69) is 19.2 Å². The number of rotatable bonds is 5. The summed E-state index contributed by atoms with van der Waals surface area (Å²) in [6.45, 7) is 4.75. The first-order valence-electron chi connectivity index (χ1n) is 5.51. The van der Waals surface area contributed by atoms with E-state index in [0.29, 0.717) is 12.5 Å². The molecule has 0 heterocycles. The van der Waals surface area contributed by atoms with E-state index in [-0.39, 0.29) is 0 Å². The fourth-order valence-electron chi connectivity index (χ4n) is 1.63. The van der Waals surface area contributed by atoms with Crippen molar-refractivity contribution in [1.29, 1.82) is 0 Å². The van der Waals surface area contributed by atoms with Gasteiger partial charge in [-0.15, -0.1) is 0 Å². The van der Waals surface area contributed by atoms with Gasteiger partial charge < -0.3 is 5.32 Å². The van der Waals surface area contributed by atoms with Crippen LogP contribution in [0.5, 0.6) is 0 Å². The van der Waals surface area contributed by atoms with E-state index in [9.17, 15) is 4.39 Å². The fourth-order valence-corrected chi connectivity index (χ4v) is 1.63. The zero-order chi connectivity index (χ0) is 11.3. The molecule has 1 rings (SSSR count). The first kappa shape index (κ1) is 12.2. The standard InChI is InChI=1S/C13H20FN/c1-10(2)8-11-4-6-12(7-5-11)13(14)9-15-3/h4-7,10,13,15H,8-9H2,1-3H3. The van der Waals surface area contributed by atoms with Gasteiger partial charge in [-0.2, -0.15) is 0 Å². The van der Waals surface area contributed by atoms with E-state index in [0.717, 1.165) is 12.0 Å². The summed E-state index contributed by atoms with van der Waals surface area (Å²) in [6.07, 6.45) is 0.159. The highest BCUT2D eigenvalue weighted by atomic mass is 19.1. The van der Waals surface area contributed by atoms with Gasteiger partial charge in [0.1, 0.15) is 6.17 Å². The zero-order valence-electron chi connectivity index (χ0n) is 9.76. The van der Waals surface area contributed by atoms with Crippen LogP contribution in [0, 0.1) is 5.92 Å². The van der Waals surface area contributed by atoms with Crippen LogP contribution in [0.4, 0.5) is 4.39 Å². The molecule has 84 valence electrons. The second-order valence-corrected chi connectivity index (χ2v) is 4.36. The second kappa shape index (κ2) is 5.86. The van der Waals surface area contributed by atoms with Crippen LogP contribution in [-0.4, -0.2) is 13.6 Å². The maximum Gasteiger partial charge on any atom is 0.137 e. The van der Waals surface area contributed by atoms with Crippen molar-refractivity contribution in [1.82, 2.24) is 5.32 Å². The summed E-state index contributed by atoms with van der Waals surface area (Å²) in [4.78, 5) is 0. The summed E-state index contributed by atoms with van der Waals surface area (Å²) in [5.41, 5.74) is 2.04. The third-order valence-corrected chi connectivity index (χ3v) is 2.37. The van der Waals surface area contributed by atoms with Crippen molar-refractivity contribution in [3.8, 4) is 0 Å². The topological polar surface area (TPSA) is 12.0 Å². The molecule has 0 aliphatic rings. The van der Waals surface area contributed by atoms with Crippen LogP contribution in [-0.2, 0) is 6.42 Å². The third kappa shape index (κ3) is 4.00. The zero-order valence-corrected chi connectivity index (χ0v) is 9.76. The minimum atomic E-state index is -0.900. The number of benzene rings is 1. The molecule has 15 heavy (non-hydrogen) atoms. The normalized spacial score (nSPS) is 13.1. The Kier molecular flexibility index (Phi) is 4.76. The molecule has 1 aromatic rings. The van der Waals surface area contributed by atoms with Gasteiger partial charge in [0, 0.05) is 6.54 Å². The van der Waals surface area contributed by atoms with E-state index in [1.54, 1.807) is 7.05 Å². The largest absolute Gasteiger partial charge is 0.317 e. The molecule has 1 atom stereocenters. The molecule has 0 bridgehead atoms. The lowest BCUT2D eigenvalue weighted by atomic mass is 10.0. The maximum atomic E-state index is 13.5. The molecule has 0 saturated carbocycles. The van der Waals surface area contributed by atoms with Gasteiger partial charge in [-0.1, -0.05) is 38.1 Å². The molecule has 0 saturated heterocycles. The van der Waals surface area contributed by atoms with Gasteiger partial charge in [0.15, 0.2) is 0 Å². The van der Waals surface area contributed by atoms with Gasteiger partial charge >= 0.3 is 0 Å². The number of likely N-dealkylation sites (N-methyl/N-ethyl adjacent to an activating group) is 1. The smallest absolute Gasteiger partial charge is 0.137 e. The lowest BCUT2D eigenvalue weighted by Gasteiger charge is -2.09. The molecule has 0 amide bonds. The number of halogens is 1. The van der Waals surface area contributed by atoms with E-state index in [1.165, 1.54) is 5.56 Å². The summed E-state index contributed by atoms with van der Waals surface area (Å²) in [5.74, 6) is 0.648. The van der Waals surface area contributed by atoms with Gasteiger partial charge in [0.2, 0.25) is 0 Å². The van der Waals surface area contributed by atoms with Crippen LogP contribution < -0.4 is 5.32 Å². The van der Waals surface area contributed by atoms with E-state index >= 15 is 0 Å². The highest BCUT2D eigenvalue weighted by Crippen LogP contribution is 2.18. The van der Waals surface area contributed by atoms with Crippen molar-refractivity contribution >= 4 is 0 Å². The Labute approximate surface area is 91.7 Å². The van der Waals surface area contributed by atoms with Crippen LogP contribution in [0.25, 0.3) is 0 Å². The SMILES string of the molecule is CNCC(F)c1ccc(CC(C)C)cc1. The van der Waals surface area contributed by atoms with Crippen molar-refractivity contribution < 1.29 is 4.39 Å². The quantitative estimate of drug-likeness (QED) is 0.785. The number of nitrogens with one attached hydrogen (secondary N) is 1. The molecule has 0 aliphatic carbocycles. The van der Waals surface area contributed by atoms with Gasteiger partial charge in [-0.05, 0) is 30.5 Å². The summed E-state index contributed by atoms with van der Waals surface area (Å²) >= 11 is 0. The van der Waals surface area contributed by atoms with Crippen molar-refractivity contribution in [3.05, 3.63) is 35.4 Å². The molecule has 0 fully saturated rings. The monoisotopic (exact) mass is 209 g/mol. The Morgan fingerprint density at radius 3 is 2.27 bits per heavy atom. The lowest BCUT2D eigenvalue weighted by Crippen LogP contribution is -2.13. The van der Waals surface area contributed by atoms with Gasteiger partial charge in [-0.25, -0.2) is 4.39 Å². The Bertz CT molecular complexity index is 279. The van der Waals surface area contributed by atoms with Crippen LogP contribution in [0.3, 0.4) is 0 Å². The average Bonchev–Trinajstić information content (AvgIpc) is 2.18. The predicted octanol–water partition coefficient (Wildman–Crippen LogP) is 3.12. The molecule has 1 aromatic carbocycles. The van der Waals surface area contributed by atoms with Crippen molar-refractivity contribution in [3.63, 3.8) is 0 Å². The highest BCUT2D eigenvalue weighted by molar-refractivity contribution is 5.24. The molecular weight excluding hydrogens is 189 g/mol. The molecule has 0 aromatic heterocycles. The Morgan fingerprint density at radius 2 is 1.80 bits per heavy atom. The predicted molar refractivity (Wildman–Crippen MR) is 62.8 cm³/mol. The number of hydrogen-bond donors (Lipinski definition) is 1. The van der Waals surface area contributed by atoms with E-state index in [1.807, 2.05) is 24.3 Å². The highest BCUT2D eigenvalue weighted by Gasteiger charge is 2.07. The van der Waals surface area contributed by atoms with E-state index in [4.69, 9.17) is 0 Å². The van der Waals surface area contributed by atoms with Crippen molar-refractivity contribution in [2.75, 3.05) is 13.6 Å². The second-order valence-electron chi connectivity index (χ2n) is 4.36. The van der Waals surface area contributed by atoms with Crippen LogP contribution in [0.2, 0.25) is 0 Å². The first-order chi connectivity index (χ1) is 7.13. The van der Waals surface area contributed by atoms with Crippen molar-refractivity contribution in [2.45, 2.75) is 26.4 Å². The molecule has 0 radical (unpaired) electrons. The average molecular weight is 209 g/mol. The van der Waals surface area contributed by atoms with Crippen molar-refractivity contribution in [2.24, 2.45) is 5.92 Å². The Balaban J connectivity index is 2.63. The van der Waals surface area contributed by atoms with Gasteiger partial charge in [0.25, 0.3) is 0 Å². The molecule has 0 spiro atoms. The number of hydrogen-bond acceptors (Lipinski definition) is 1. The molecular formula is C13H20FN. The van der Waals surface area contributed by atoms with Crippen LogP contribution in [0.1, 0.15) is 31.1 Å². The Hall–Kier alpha value is -0.890.